The topological polar surface area (TPSA) is 56.0 Å². The van der Waals surface area contributed by atoms with Crippen molar-refractivity contribution in [2.24, 2.45) is 5.73 Å². The molecule has 0 aliphatic rings. The van der Waals surface area contributed by atoms with Crippen molar-refractivity contribution in [3.8, 4) is 0 Å². The summed E-state index contributed by atoms with van der Waals surface area (Å²) in [6.07, 6.45) is 4.23. The molecule has 5 heteroatoms. The third kappa shape index (κ3) is 3.05. The van der Waals surface area contributed by atoms with Gasteiger partial charge in [0.2, 0.25) is 5.91 Å². The molecule has 1 aromatic rings. The lowest BCUT2D eigenvalue weighted by atomic mass is 10.2. The smallest absolute Gasteiger partial charge is 0.241 e. The number of primary amides is 1. The Labute approximate surface area is 85.2 Å². The average Bonchev–Trinajstić information content (AvgIpc) is 2.07. The number of rotatable bonds is 2. The van der Waals surface area contributed by atoms with E-state index < -0.39 is 5.91 Å². The Morgan fingerprint density at radius 2 is 2.23 bits per heavy atom. The largest absolute Gasteiger partial charge is 0.366 e. The van der Waals surface area contributed by atoms with Gasteiger partial charge in [-0.3, -0.25) is 4.79 Å². The van der Waals surface area contributed by atoms with Gasteiger partial charge in [0.15, 0.2) is 0 Å². The summed E-state index contributed by atoms with van der Waals surface area (Å²) in [5, 5.41) is 0.575. The van der Waals surface area contributed by atoms with Crippen LogP contribution in [-0.4, -0.2) is 10.9 Å². The molecule has 0 unspecified atom stereocenters. The first-order valence-electron chi connectivity index (χ1n) is 3.38. The molecule has 0 aliphatic heterocycles. The van der Waals surface area contributed by atoms with E-state index in [1.807, 2.05) is 0 Å². The molecule has 0 fully saturated rings. The fourth-order valence-electron chi connectivity index (χ4n) is 0.706. The lowest BCUT2D eigenvalue weighted by Gasteiger charge is -1.95. The van der Waals surface area contributed by atoms with Crippen LogP contribution in [0.4, 0.5) is 0 Å². The van der Waals surface area contributed by atoms with Crippen molar-refractivity contribution < 1.29 is 4.79 Å². The molecule has 13 heavy (non-hydrogen) atoms. The molecule has 0 saturated carbocycles. The number of hydrogen-bond donors (Lipinski definition) is 1. The Bertz CT molecular complexity index is 363. The molecule has 68 valence electrons. The molecule has 1 aromatic heterocycles. The van der Waals surface area contributed by atoms with Gasteiger partial charge in [0, 0.05) is 12.3 Å². The van der Waals surface area contributed by atoms with E-state index in [-0.39, 0.29) is 5.15 Å². The van der Waals surface area contributed by atoms with Crippen molar-refractivity contribution in [1.29, 1.82) is 0 Å². The molecule has 1 heterocycles. The standard InChI is InChI=1S/C8H6Cl2N2O/c9-6-3-5(1-2-7(11)13)4-12-8(6)10/h1-4H,(H2,11,13). The molecule has 0 spiro atoms. The molecule has 3 nitrogen and oxygen atoms in total. The van der Waals surface area contributed by atoms with Crippen LogP contribution in [0.15, 0.2) is 18.3 Å². The zero-order valence-electron chi connectivity index (χ0n) is 6.50. The molecule has 0 atom stereocenters. The van der Waals surface area contributed by atoms with E-state index >= 15 is 0 Å². The summed E-state index contributed by atoms with van der Waals surface area (Å²) in [4.78, 5) is 14.2. The van der Waals surface area contributed by atoms with E-state index in [9.17, 15) is 4.79 Å². The van der Waals surface area contributed by atoms with Crippen LogP contribution in [0, 0.1) is 0 Å². The van der Waals surface area contributed by atoms with Gasteiger partial charge >= 0.3 is 0 Å². The summed E-state index contributed by atoms with van der Waals surface area (Å²) < 4.78 is 0. The SMILES string of the molecule is NC(=O)C=Cc1cnc(Cl)c(Cl)c1. The van der Waals surface area contributed by atoms with E-state index in [4.69, 9.17) is 28.9 Å². The van der Waals surface area contributed by atoms with E-state index in [0.29, 0.717) is 10.6 Å². The minimum absolute atomic E-state index is 0.234. The van der Waals surface area contributed by atoms with Crippen LogP contribution in [0.3, 0.4) is 0 Å². The number of nitrogens with zero attached hydrogens (tertiary/aromatic N) is 1. The Morgan fingerprint density at radius 1 is 1.54 bits per heavy atom. The maximum absolute atomic E-state index is 10.4. The molecule has 0 aliphatic carbocycles. The van der Waals surface area contributed by atoms with E-state index in [2.05, 4.69) is 4.98 Å². The lowest BCUT2D eigenvalue weighted by Crippen LogP contribution is -2.05. The van der Waals surface area contributed by atoms with E-state index in [0.717, 1.165) is 0 Å². The highest BCUT2D eigenvalue weighted by molar-refractivity contribution is 6.41. The van der Waals surface area contributed by atoms with Crippen LogP contribution >= 0.6 is 23.2 Å². The third-order valence-electron chi connectivity index (χ3n) is 1.26. The number of aromatic nitrogens is 1. The van der Waals surface area contributed by atoms with Gasteiger partial charge in [-0.2, -0.15) is 0 Å². The van der Waals surface area contributed by atoms with Crippen LogP contribution in [0.1, 0.15) is 5.56 Å². The van der Waals surface area contributed by atoms with Crippen LogP contribution in [-0.2, 0) is 4.79 Å². The van der Waals surface area contributed by atoms with Gasteiger partial charge in [0.1, 0.15) is 5.15 Å². The number of carbonyl (C=O) groups is 1. The Kier molecular flexibility index (Phi) is 3.28. The zero-order chi connectivity index (χ0) is 9.84. The summed E-state index contributed by atoms with van der Waals surface area (Å²) in [7, 11) is 0. The predicted octanol–water partition coefficient (Wildman–Crippen LogP) is 1.89. The highest BCUT2D eigenvalue weighted by Crippen LogP contribution is 2.20. The van der Waals surface area contributed by atoms with Crippen molar-refractivity contribution in [2.75, 3.05) is 0 Å². The number of pyridine rings is 1. The summed E-state index contributed by atoms with van der Waals surface area (Å²) in [6.45, 7) is 0. The van der Waals surface area contributed by atoms with Gasteiger partial charge in [0.05, 0.1) is 5.02 Å². The highest BCUT2D eigenvalue weighted by atomic mass is 35.5. The van der Waals surface area contributed by atoms with Crippen LogP contribution in [0.5, 0.6) is 0 Å². The number of carbonyl (C=O) groups excluding carboxylic acids is 1. The second-order valence-corrected chi connectivity index (χ2v) is 3.04. The predicted molar refractivity (Wildman–Crippen MR) is 52.5 cm³/mol. The summed E-state index contributed by atoms with van der Waals surface area (Å²) in [5.41, 5.74) is 5.58. The van der Waals surface area contributed by atoms with Crippen LogP contribution in [0.2, 0.25) is 10.2 Å². The van der Waals surface area contributed by atoms with Crippen LogP contribution < -0.4 is 5.73 Å². The Morgan fingerprint density at radius 3 is 2.77 bits per heavy atom. The molecule has 2 N–H and O–H groups in total. The molecule has 0 radical (unpaired) electrons. The normalized spacial score (nSPS) is 10.6. The maximum Gasteiger partial charge on any atom is 0.241 e. The molecular formula is C8H6Cl2N2O. The quantitative estimate of drug-likeness (QED) is 0.607. The summed E-state index contributed by atoms with van der Waals surface area (Å²) in [6, 6.07) is 1.59. The number of nitrogens with two attached hydrogens (primary N) is 1. The van der Waals surface area contributed by atoms with Crippen molar-refractivity contribution in [3.05, 3.63) is 34.1 Å². The lowest BCUT2D eigenvalue weighted by molar-refractivity contribution is -0.113. The molecule has 0 saturated heterocycles. The first-order valence-corrected chi connectivity index (χ1v) is 4.14. The Balaban J connectivity index is 2.92. The van der Waals surface area contributed by atoms with Gasteiger partial charge in [-0.25, -0.2) is 4.98 Å². The van der Waals surface area contributed by atoms with E-state index in [1.165, 1.54) is 18.3 Å². The number of amides is 1. The van der Waals surface area contributed by atoms with Gasteiger partial charge in [0.25, 0.3) is 0 Å². The summed E-state index contributed by atoms with van der Waals surface area (Å²) in [5.74, 6) is -0.522. The molecular weight excluding hydrogens is 211 g/mol. The minimum atomic E-state index is -0.522. The van der Waals surface area contributed by atoms with Crippen molar-refractivity contribution in [2.45, 2.75) is 0 Å². The monoisotopic (exact) mass is 216 g/mol. The fraction of sp³-hybridized carbons (Fsp3) is 0. The van der Waals surface area contributed by atoms with Crippen molar-refractivity contribution in [3.63, 3.8) is 0 Å². The molecule has 1 rings (SSSR count). The average molecular weight is 217 g/mol. The fourth-order valence-corrected chi connectivity index (χ4v) is 0.984. The van der Waals surface area contributed by atoms with E-state index in [1.54, 1.807) is 6.07 Å². The number of halogens is 2. The second kappa shape index (κ2) is 4.25. The maximum atomic E-state index is 10.4. The Hall–Kier alpha value is -1.06. The molecule has 1 amide bonds. The molecule has 0 bridgehead atoms. The first-order chi connectivity index (χ1) is 6.09. The van der Waals surface area contributed by atoms with Gasteiger partial charge in [-0.05, 0) is 17.7 Å². The first kappa shape index (κ1) is 10.0. The zero-order valence-corrected chi connectivity index (χ0v) is 8.01. The van der Waals surface area contributed by atoms with Crippen molar-refractivity contribution in [1.82, 2.24) is 4.98 Å². The highest BCUT2D eigenvalue weighted by Gasteiger charge is 1.98. The number of hydrogen-bond acceptors (Lipinski definition) is 2. The second-order valence-electron chi connectivity index (χ2n) is 2.28. The van der Waals surface area contributed by atoms with Gasteiger partial charge in [-0.15, -0.1) is 0 Å². The van der Waals surface area contributed by atoms with Gasteiger partial charge < -0.3 is 5.73 Å². The van der Waals surface area contributed by atoms with Gasteiger partial charge in [-0.1, -0.05) is 23.2 Å². The molecule has 0 aromatic carbocycles. The minimum Gasteiger partial charge on any atom is -0.366 e. The van der Waals surface area contributed by atoms with Crippen molar-refractivity contribution >= 4 is 35.2 Å². The summed E-state index contributed by atoms with van der Waals surface area (Å²) >= 11 is 11.3. The van der Waals surface area contributed by atoms with Crippen LogP contribution in [0.25, 0.3) is 6.08 Å². The third-order valence-corrected chi connectivity index (χ3v) is 1.94.